The highest BCUT2D eigenvalue weighted by Crippen LogP contribution is 2.43. The number of nitrogens with zero attached hydrogens (tertiary/aromatic N) is 1. The quantitative estimate of drug-likeness (QED) is 0.0217. The topological polar surface area (TPSA) is 142 Å². The van der Waals surface area contributed by atoms with Crippen LogP contribution in [-0.2, 0) is 45.5 Å². The minimum atomic E-state index is -4.41. The number of likely N-dealkylation sites (N-methyl/N-ethyl adjacent to an activating group) is 1. The summed E-state index contributed by atoms with van der Waals surface area (Å²) in [5.74, 6) is 1.36. The molecule has 0 radical (unpaired) electrons. The van der Waals surface area contributed by atoms with E-state index in [9.17, 15) is 19.0 Å². The molecule has 0 spiro atoms. The zero-order valence-electron chi connectivity index (χ0n) is 38.3. The van der Waals surface area contributed by atoms with E-state index in [1.54, 1.807) is 0 Å². The molecular formula is C48H83NO10P+. The van der Waals surface area contributed by atoms with Crippen molar-refractivity contribution in [3.63, 3.8) is 0 Å². The maximum atomic E-state index is 12.7. The summed E-state index contributed by atoms with van der Waals surface area (Å²) in [4.78, 5) is 35.5. The van der Waals surface area contributed by atoms with Crippen molar-refractivity contribution in [1.29, 1.82) is 0 Å². The van der Waals surface area contributed by atoms with E-state index >= 15 is 0 Å². The summed E-state index contributed by atoms with van der Waals surface area (Å²) in [6.07, 6.45) is 35.8. The van der Waals surface area contributed by atoms with Gasteiger partial charge in [0.1, 0.15) is 31.3 Å². The molecule has 0 fully saturated rings. The Balaban J connectivity index is 2.41. The van der Waals surface area contributed by atoms with Crippen LogP contribution >= 0.6 is 7.82 Å². The molecule has 1 rings (SSSR count). The molecule has 60 heavy (non-hydrogen) atoms. The zero-order chi connectivity index (χ0) is 44.3. The molecule has 1 aromatic heterocycles. The van der Waals surface area contributed by atoms with Crippen molar-refractivity contribution in [2.45, 2.75) is 168 Å². The molecule has 0 aliphatic rings. The van der Waals surface area contributed by atoms with Crippen molar-refractivity contribution < 1.29 is 51.6 Å². The van der Waals surface area contributed by atoms with Gasteiger partial charge in [-0.25, -0.2) is 4.57 Å². The first kappa shape index (κ1) is 55.2. The summed E-state index contributed by atoms with van der Waals surface area (Å²) in [7, 11) is 1.39. The lowest BCUT2D eigenvalue weighted by atomic mass is 10.0. The predicted octanol–water partition coefficient (Wildman–Crippen LogP) is 11.3. The molecule has 12 heteroatoms. The number of hydrogen-bond acceptors (Lipinski definition) is 9. The number of allylic oxidation sites excluding steroid dienone is 8. The number of quaternary nitrogens is 1. The average Bonchev–Trinajstić information content (AvgIpc) is 3.46. The highest BCUT2D eigenvalue weighted by Gasteiger charge is 2.27. The van der Waals surface area contributed by atoms with Crippen molar-refractivity contribution in [1.82, 2.24) is 0 Å². The first-order valence-electron chi connectivity index (χ1n) is 22.8. The highest BCUT2D eigenvalue weighted by molar-refractivity contribution is 7.47. The molecule has 344 valence electrons. The van der Waals surface area contributed by atoms with Crippen molar-refractivity contribution in [2.24, 2.45) is 0 Å². The van der Waals surface area contributed by atoms with Crippen molar-refractivity contribution in [2.75, 3.05) is 54.1 Å². The first-order chi connectivity index (χ1) is 28.8. The van der Waals surface area contributed by atoms with Gasteiger partial charge in [-0.15, -0.1) is 0 Å². The van der Waals surface area contributed by atoms with Crippen LogP contribution in [0.25, 0.3) is 0 Å². The van der Waals surface area contributed by atoms with Crippen LogP contribution in [0.3, 0.4) is 0 Å². The lowest BCUT2D eigenvalue weighted by Gasteiger charge is -2.24. The van der Waals surface area contributed by atoms with Crippen LogP contribution in [0.5, 0.6) is 0 Å². The Kier molecular flexibility index (Phi) is 32.0. The normalized spacial score (nSPS) is 13.9. The largest absolute Gasteiger partial charge is 0.472 e. The molecule has 0 aliphatic carbocycles. The Morgan fingerprint density at radius 3 is 1.77 bits per heavy atom. The number of ether oxygens (including phenoxy) is 2. The molecule has 1 aromatic rings. The number of furan rings is 1. The maximum Gasteiger partial charge on any atom is 0.472 e. The monoisotopic (exact) mass is 865 g/mol. The van der Waals surface area contributed by atoms with Crippen LogP contribution in [0.4, 0.5) is 0 Å². The summed E-state index contributed by atoms with van der Waals surface area (Å²) >= 11 is 0. The molecule has 1 unspecified atom stereocenters. The van der Waals surface area contributed by atoms with E-state index in [0.29, 0.717) is 30.3 Å². The molecule has 0 amide bonds. The van der Waals surface area contributed by atoms with E-state index in [4.69, 9.17) is 28.0 Å². The minimum Gasteiger partial charge on any atom is -0.466 e. The van der Waals surface area contributed by atoms with Gasteiger partial charge in [-0.05, 0) is 95.6 Å². The number of phosphoric acid groups is 1. The standard InChI is InChI=1S/C48H82NO10P/c1-7-8-28-33-45-42(2)43(3)46(59-45)34-29-24-21-22-25-30-35-47(51)55-40-44(41-57-60(53,54)56-39-37-49(4,5)6)58-48(52)36-31-26-20-18-16-14-12-10-9-11-13-15-17-19-23-27-32-38-50/h9,11-12,14-15,17-18,20,44,50H,7-8,10,13,16,19,21-41H2,1-6H3/p+1/b11-9-,14-12-,17-15-,20-18-/t44-/m1/s1. The highest BCUT2D eigenvalue weighted by atomic mass is 31.2. The van der Waals surface area contributed by atoms with Crippen molar-refractivity contribution in [3.05, 3.63) is 71.3 Å². The summed E-state index contributed by atoms with van der Waals surface area (Å²) in [5, 5.41) is 8.81. The Morgan fingerprint density at radius 1 is 0.667 bits per heavy atom. The summed E-state index contributed by atoms with van der Waals surface area (Å²) in [6.45, 7) is 6.60. The van der Waals surface area contributed by atoms with E-state index in [1.165, 1.54) is 30.4 Å². The van der Waals surface area contributed by atoms with Gasteiger partial charge in [0.2, 0.25) is 0 Å². The number of aliphatic hydroxyl groups excluding tert-OH is 1. The van der Waals surface area contributed by atoms with Crippen LogP contribution in [-0.4, -0.2) is 86.6 Å². The SMILES string of the molecule is CCCCCc1oc(CCCCCCCCC(=O)OC[C@H](COP(=O)(O)OCC[N+](C)(C)C)OC(=O)CCC/C=C\C/C=C\C/C=C\C/C=C\CCCCCO)c(C)c1C. The Labute approximate surface area is 363 Å². The molecular weight excluding hydrogens is 781 g/mol. The van der Waals surface area contributed by atoms with E-state index in [-0.39, 0.29) is 32.7 Å². The molecule has 1 heterocycles. The third-order valence-electron chi connectivity index (χ3n) is 10.1. The number of carbonyl (C=O) groups excluding carboxylic acids is 2. The number of esters is 2. The van der Waals surface area contributed by atoms with Crippen LogP contribution in [0.1, 0.15) is 158 Å². The fraction of sp³-hybridized carbons (Fsp3) is 0.708. The summed E-state index contributed by atoms with van der Waals surface area (Å²) < 4.78 is 40.5. The van der Waals surface area contributed by atoms with Crippen LogP contribution in [0, 0.1) is 13.8 Å². The lowest BCUT2D eigenvalue weighted by Crippen LogP contribution is -2.37. The number of unbranched alkanes of at least 4 members (excludes halogenated alkanes) is 11. The van der Waals surface area contributed by atoms with Gasteiger partial charge in [0.05, 0.1) is 27.7 Å². The smallest absolute Gasteiger partial charge is 0.466 e. The molecule has 0 saturated carbocycles. The Morgan fingerprint density at radius 2 is 1.18 bits per heavy atom. The number of hydrogen-bond donors (Lipinski definition) is 2. The zero-order valence-corrected chi connectivity index (χ0v) is 39.2. The molecule has 2 atom stereocenters. The van der Waals surface area contributed by atoms with E-state index in [2.05, 4.69) is 63.3 Å². The number of aryl methyl sites for hydroxylation is 2. The first-order valence-corrected chi connectivity index (χ1v) is 24.3. The molecule has 0 bridgehead atoms. The van der Waals surface area contributed by atoms with Gasteiger partial charge in [-0.2, -0.15) is 0 Å². The van der Waals surface area contributed by atoms with Gasteiger partial charge in [0.15, 0.2) is 6.10 Å². The van der Waals surface area contributed by atoms with Gasteiger partial charge >= 0.3 is 19.8 Å². The Bertz CT molecular complexity index is 1440. The second-order valence-corrected chi connectivity index (χ2v) is 18.2. The van der Waals surface area contributed by atoms with E-state index in [1.807, 2.05) is 27.2 Å². The Hall–Kier alpha value is -2.79. The van der Waals surface area contributed by atoms with Gasteiger partial charge < -0.3 is 28.4 Å². The predicted molar refractivity (Wildman–Crippen MR) is 243 cm³/mol. The number of phosphoric ester groups is 1. The van der Waals surface area contributed by atoms with Crippen LogP contribution in [0.15, 0.2) is 53.0 Å². The second-order valence-electron chi connectivity index (χ2n) is 16.7. The molecule has 2 N–H and O–H groups in total. The second kappa shape index (κ2) is 34.8. The molecule has 0 aliphatic heterocycles. The van der Waals surface area contributed by atoms with E-state index < -0.39 is 32.5 Å². The maximum absolute atomic E-state index is 12.7. The van der Waals surface area contributed by atoms with E-state index in [0.717, 1.165) is 101 Å². The fourth-order valence-corrected chi connectivity index (χ4v) is 6.96. The molecule has 0 aromatic carbocycles. The van der Waals surface area contributed by atoms with Crippen LogP contribution < -0.4 is 0 Å². The van der Waals surface area contributed by atoms with Gasteiger partial charge in [0.25, 0.3) is 0 Å². The summed E-state index contributed by atoms with van der Waals surface area (Å²) in [6, 6.07) is 0. The van der Waals surface area contributed by atoms with Gasteiger partial charge in [-0.3, -0.25) is 18.6 Å². The van der Waals surface area contributed by atoms with Gasteiger partial charge in [0, 0.05) is 32.3 Å². The fourth-order valence-electron chi connectivity index (χ4n) is 6.22. The number of aliphatic hydroxyl groups is 1. The molecule has 0 saturated heterocycles. The van der Waals surface area contributed by atoms with Crippen molar-refractivity contribution in [3.8, 4) is 0 Å². The average molecular weight is 865 g/mol. The summed E-state index contributed by atoms with van der Waals surface area (Å²) in [5.41, 5.74) is 2.60. The minimum absolute atomic E-state index is 0.00644. The number of rotatable bonds is 38. The number of carbonyl (C=O) groups is 2. The lowest BCUT2D eigenvalue weighted by molar-refractivity contribution is -0.870. The third-order valence-corrected chi connectivity index (χ3v) is 11.1. The van der Waals surface area contributed by atoms with Crippen molar-refractivity contribution >= 4 is 19.8 Å². The van der Waals surface area contributed by atoms with Gasteiger partial charge in [-0.1, -0.05) is 100 Å². The molecule has 11 nitrogen and oxygen atoms in total. The van der Waals surface area contributed by atoms with Crippen LogP contribution in [0.2, 0.25) is 0 Å². The third kappa shape index (κ3) is 31.1.